The van der Waals surface area contributed by atoms with Crippen LogP contribution in [0.2, 0.25) is 0 Å². The molecule has 0 aliphatic carbocycles. The number of hydrogen-bond donors (Lipinski definition) is 2. The number of allylic oxidation sites excluding steroid dienone is 1. The zero-order valence-electron chi connectivity index (χ0n) is 14.5. The number of aliphatic hydroxyl groups excluding tert-OH is 1. The first-order valence-electron chi connectivity index (χ1n) is 8.56. The van der Waals surface area contributed by atoms with Crippen molar-refractivity contribution in [3.05, 3.63) is 41.7 Å². The number of hydrogen-bond acceptors (Lipinski definition) is 3. The van der Waals surface area contributed by atoms with Gasteiger partial charge in [0.25, 0.3) is 0 Å². The van der Waals surface area contributed by atoms with E-state index in [1.807, 2.05) is 0 Å². The monoisotopic (exact) mass is 334 g/mol. The summed E-state index contributed by atoms with van der Waals surface area (Å²) >= 11 is 0. The van der Waals surface area contributed by atoms with Crippen molar-refractivity contribution in [3.8, 4) is 0 Å². The molecular weight excluding hydrogens is 307 g/mol. The summed E-state index contributed by atoms with van der Waals surface area (Å²) in [4.78, 5) is 14.2. The molecule has 0 spiro atoms. The van der Waals surface area contributed by atoms with E-state index in [0.717, 1.165) is 30.1 Å². The van der Waals surface area contributed by atoms with Gasteiger partial charge in [-0.3, -0.25) is 4.79 Å². The molecule has 1 heterocycles. The van der Waals surface area contributed by atoms with Crippen LogP contribution in [-0.4, -0.2) is 48.2 Å². The lowest BCUT2D eigenvalue weighted by Gasteiger charge is -2.31. The molecule has 1 aliphatic heterocycles. The molecule has 1 amide bonds. The van der Waals surface area contributed by atoms with Gasteiger partial charge in [0.15, 0.2) is 0 Å². The molecule has 1 aliphatic rings. The topological polar surface area (TPSA) is 52.6 Å². The van der Waals surface area contributed by atoms with E-state index in [2.05, 4.69) is 17.1 Å². The highest BCUT2D eigenvalue weighted by Crippen LogP contribution is 2.16. The zero-order chi connectivity index (χ0) is 17.5. The Morgan fingerprint density at radius 3 is 2.62 bits per heavy atom. The van der Waals surface area contributed by atoms with Crippen molar-refractivity contribution in [1.82, 2.24) is 10.2 Å². The zero-order valence-corrected chi connectivity index (χ0v) is 14.5. The van der Waals surface area contributed by atoms with E-state index in [-0.39, 0.29) is 18.3 Å². The normalized spacial score (nSPS) is 18.4. The van der Waals surface area contributed by atoms with Crippen LogP contribution < -0.4 is 5.32 Å². The van der Waals surface area contributed by atoms with Crippen molar-refractivity contribution in [1.29, 1.82) is 0 Å². The highest BCUT2D eigenvalue weighted by atomic mass is 19.1. The lowest BCUT2D eigenvalue weighted by Crippen LogP contribution is -2.42. The largest absolute Gasteiger partial charge is 0.390 e. The average molecular weight is 334 g/mol. The van der Waals surface area contributed by atoms with E-state index in [1.54, 1.807) is 19.1 Å². The number of benzene rings is 1. The number of piperidine rings is 1. The summed E-state index contributed by atoms with van der Waals surface area (Å²) in [6.45, 7) is 6.90. The molecule has 1 atom stereocenters. The number of β-amino-alcohol motifs (C(OH)–C–C–N with tert-alkyl or cyclic N) is 1. The van der Waals surface area contributed by atoms with Gasteiger partial charge in [-0.05, 0) is 62.0 Å². The molecule has 1 saturated heterocycles. The number of aliphatic hydroxyl groups is 1. The Labute approximate surface area is 143 Å². The third-order valence-corrected chi connectivity index (χ3v) is 4.50. The maximum atomic E-state index is 12.9. The van der Waals surface area contributed by atoms with Crippen LogP contribution in [0.25, 0.3) is 5.57 Å². The van der Waals surface area contributed by atoms with E-state index in [1.165, 1.54) is 31.1 Å². The standard InChI is InChI=1S/C19H27FN2O2/c1-14-7-9-22(10-8-14)13-18(23)12-21-19(24)11-15(2)16-3-5-17(20)6-4-16/h3-6,11,14,18,23H,7-10,12-13H2,1-2H3,(H,21,24). The molecule has 1 unspecified atom stereocenters. The van der Waals surface area contributed by atoms with Gasteiger partial charge in [-0.1, -0.05) is 19.1 Å². The lowest BCUT2D eigenvalue weighted by molar-refractivity contribution is -0.117. The van der Waals surface area contributed by atoms with Gasteiger partial charge in [0, 0.05) is 19.2 Å². The SMILES string of the molecule is CC(=CC(=O)NCC(O)CN1CCC(C)CC1)c1ccc(F)cc1. The Morgan fingerprint density at radius 2 is 2.00 bits per heavy atom. The molecule has 0 radical (unpaired) electrons. The van der Waals surface area contributed by atoms with Crippen molar-refractivity contribution in [3.63, 3.8) is 0 Å². The number of amides is 1. The van der Waals surface area contributed by atoms with Crippen LogP contribution in [-0.2, 0) is 4.79 Å². The summed E-state index contributed by atoms with van der Waals surface area (Å²) in [7, 11) is 0. The highest BCUT2D eigenvalue weighted by molar-refractivity contribution is 5.94. The lowest BCUT2D eigenvalue weighted by atomic mass is 9.99. The van der Waals surface area contributed by atoms with Crippen molar-refractivity contribution in [2.75, 3.05) is 26.2 Å². The molecular formula is C19H27FN2O2. The van der Waals surface area contributed by atoms with Crippen molar-refractivity contribution < 1.29 is 14.3 Å². The van der Waals surface area contributed by atoms with Gasteiger partial charge >= 0.3 is 0 Å². The predicted molar refractivity (Wildman–Crippen MR) is 93.9 cm³/mol. The summed E-state index contributed by atoms with van der Waals surface area (Å²) in [6.07, 6.45) is 3.24. The van der Waals surface area contributed by atoms with Gasteiger partial charge in [-0.15, -0.1) is 0 Å². The predicted octanol–water partition coefficient (Wildman–Crippen LogP) is 2.44. The van der Waals surface area contributed by atoms with Crippen LogP contribution in [0.5, 0.6) is 0 Å². The summed E-state index contributed by atoms with van der Waals surface area (Å²) in [5.41, 5.74) is 1.56. The molecule has 1 aromatic rings. The molecule has 1 fully saturated rings. The first-order chi connectivity index (χ1) is 11.4. The van der Waals surface area contributed by atoms with Crippen LogP contribution in [0.1, 0.15) is 32.3 Å². The molecule has 2 N–H and O–H groups in total. The minimum Gasteiger partial charge on any atom is -0.390 e. The Balaban J connectivity index is 1.75. The number of rotatable bonds is 6. The van der Waals surface area contributed by atoms with Crippen LogP contribution >= 0.6 is 0 Å². The van der Waals surface area contributed by atoms with Crippen molar-refractivity contribution >= 4 is 11.5 Å². The van der Waals surface area contributed by atoms with Gasteiger partial charge in [0.1, 0.15) is 5.82 Å². The maximum Gasteiger partial charge on any atom is 0.244 e. The summed E-state index contributed by atoms with van der Waals surface area (Å²) < 4.78 is 12.9. The van der Waals surface area contributed by atoms with E-state index < -0.39 is 6.10 Å². The van der Waals surface area contributed by atoms with Crippen LogP contribution in [0.4, 0.5) is 4.39 Å². The average Bonchev–Trinajstić information content (AvgIpc) is 2.55. The smallest absolute Gasteiger partial charge is 0.244 e. The van der Waals surface area contributed by atoms with E-state index in [0.29, 0.717) is 6.54 Å². The van der Waals surface area contributed by atoms with Crippen molar-refractivity contribution in [2.45, 2.75) is 32.8 Å². The number of nitrogens with zero attached hydrogens (tertiary/aromatic N) is 1. The second-order valence-corrected chi connectivity index (χ2v) is 6.72. The van der Waals surface area contributed by atoms with Gasteiger partial charge < -0.3 is 15.3 Å². The Hall–Kier alpha value is -1.72. The van der Waals surface area contributed by atoms with Gasteiger partial charge in [-0.25, -0.2) is 4.39 Å². The molecule has 2 rings (SSSR count). The van der Waals surface area contributed by atoms with Crippen molar-refractivity contribution in [2.24, 2.45) is 5.92 Å². The summed E-state index contributed by atoms with van der Waals surface area (Å²) in [5.74, 6) is 0.215. The maximum absolute atomic E-state index is 12.9. The third kappa shape index (κ3) is 6.06. The molecule has 0 aromatic heterocycles. The Morgan fingerprint density at radius 1 is 1.38 bits per heavy atom. The number of halogens is 1. The summed E-state index contributed by atoms with van der Waals surface area (Å²) in [6, 6.07) is 6.02. The molecule has 0 bridgehead atoms. The fraction of sp³-hybridized carbons (Fsp3) is 0.526. The highest BCUT2D eigenvalue weighted by Gasteiger charge is 2.18. The minimum absolute atomic E-state index is 0.234. The first kappa shape index (κ1) is 18.6. The van der Waals surface area contributed by atoms with E-state index >= 15 is 0 Å². The quantitative estimate of drug-likeness (QED) is 0.786. The van der Waals surface area contributed by atoms with Gasteiger partial charge in [-0.2, -0.15) is 0 Å². The number of carbonyl (C=O) groups excluding carboxylic acids is 1. The van der Waals surface area contributed by atoms with Crippen LogP contribution in [0.3, 0.4) is 0 Å². The molecule has 0 saturated carbocycles. The number of carbonyl (C=O) groups is 1. The van der Waals surface area contributed by atoms with E-state index in [9.17, 15) is 14.3 Å². The number of likely N-dealkylation sites (tertiary alicyclic amines) is 1. The third-order valence-electron chi connectivity index (χ3n) is 4.50. The molecule has 4 nitrogen and oxygen atoms in total. The van der Waals surface area contributed by atoms with Crippen LogP contribution in [0.15, 0.2) is 30.3 Å². The molecule has 5 heteroatoms. The minimum atomic E-state index is -0.568. The fourth-order valence-electron chi connectivity index (χ4n) is 2.87. The summed E-state index contributed by atoms with van der Waals surface area (Å²) in [5, 5.41) is 12.8. The molecule has 132 valence electrons. The second-order valence-electron chi connectivity index (χ2n) is 6.72. The fourth-order valence-corrected chi connectivity index (χ4v) is 2.87. The van der Waals surface area contributed by atoms with Crippen LogP contribution in [0, 0.1) is 11.7 Å². The first-order valence-corrected chi connectivity index (χ1v) is 8.56. The Bertz CT molecular complexity index is 563. The molecule has 1 aromatic carbocycles. The van der Waals surface area contributed by atoms with Gasteiger partial charge in [0.05, 0.1) is 6.10 Å². The van der Waals surface area contributed by atoms with Gasteiger partial charge in [0.2, 0.25) is 5.91 Å². The number of nitrogens with one attached hydrogen (secondary N) is 1. The van der Waals surface area contributed by atoms with E-state index in [4.69, 9.17) is 0 Å². The second kappa shape index (κ2) is 8.94. The molecule has 24 heavy (non-hydrogen) atoms. The Kier molecular flexibility index (Phi) is 6.94.